The molecule has 0 heterocycles. The summed E-state index contributed by atoms with van der Waals surface area (Å²) < 4.78 is 0.908. The normalized spacial score (nSPS) is 10.5. The van der Waals surface area contributed by atoms with Gasteiger partial charge in [-0.3, -0.25) is 4.79 Å². The summed E-state index contributed by atoms with van der Waals surface area (Å²) in [6, 6.07) is 5.40. The Morgan fingerprint density at radius 2 is 2.15 bits per heavy atom. The van der Waals surface area contributed by atoms with Gasteiger partial charge in [0.1, 0.15) is 0 Å². The zero-order valence-electron chi connectivity index (χ0n) is 6.83. The van der Waals surface area contributed by atoms with Crippen LogP contribution in [0, 0.1) is 0 Å². The van der Waals surface area contributed by atoms with Crippen LogP contribution >= 0.6 is 15.9 Å². The minimum Gasteiger partial charge on any atom is -0.398 e. The molecular weight excluding hydrogens is 232 g/mol. The van der Waals surface area contributed by atoms with Crippen molar-refractivity contribution in [3.63, 3.8) is 0 Å². The molecule has 0 atom stereocenters. The van der Waals surface area contributed by atoms with Crippen LogP contribution in [0.15, 0.2) is 28.7 Å². The van der Waals surface area contributed by atoms with Gasteiger partial charge in [0.25, 0.3) is 0 Å². The predicted molar refractivity (Wildman–Crippen MR) is 56.8 cm³/mol. The topological polar surface area (TPSA) is 69.1 Å². The maximum atomic E-state index is 10.5. The average molecular weight is 241 g/mol. The van der Waals surface area contributed by atoms with Crippen molar-refractivity contribution >= 4 is 33.6 Å². The van der Waals surface area contributed by atoms with Crippen LogP contribution < -0.4 is 11.5 Å². The van der Waals surface area contributed by atoms with E-state index in [0.717, 1.165) is 10.0 Å². The molecular formula is C9H9BrN2O. The van der Waals surface area contributed by atoms with E-state index in [-0.39, 0.29) is 0 Å². The number of benzene rings is 1. The van der Waals surface area contributed by atoms with Crippen LogP contribution in [0.3, 0.4) is 0 Å². The Hall–Kier alpha value is -1.29. The van der Waals surface area contributed by atoms with E-state index in [1.54, 1.807) is 12.1 Å². The van der Waals surface area contributed by atoms with E-state index in [1.807, 2.05) is 12.1 Å². The highest BCUT2D eigenvalue weighted by Gasteiger charge is 1.95. The first-order chi connectivity index (χ1) is 6.09. The van der Waals surface area contributed by atoms with E-state index in [4.69, 9.17) is 11.5 Å². The van der Waals surface area contributed by atoms with Crippen molar-refractivity contribution in [1.82, 2.24) is 0 Å². The molecule has 0 spiro atoms. The summed E-state index contributed by atoms with van der Waals surface area (Å²) in [6.45, 7) is 0. The summed E-state index contributed by atoms with van der Waals surface area (Å²) in [6.07, 6.45) is 2.86. The molecule has 0 unspecified atom stereocenters. The van der Waals surface area contributed by atoms with Crippen molar-refractivity contribution in [3.05, 3.63) is 34.3 Å². The Balaban J connectivity index is 3.00. The molecule has 0 bridgehead atoms. The van der Waals surface area contributed by atoms with Gasteiger partial charge in [0.2, 0.25) is 5.91 Å². The van der Waals surface area contributed by atoms with Crippen molar-refractivity contribution in [2.24, 2.45) is 5.73 Å². The number of anilines is 1. The van der Waals surface area contributed by atoms with Gasteiger partial charge in [-0.25, -0.2) is 0 Å². The molecule has 1 aromatic carbocycles. The van der Waals surface area contributed by atoms with E-state index in [9.17, 15) is 4.79 Å². The molecule has 0 fully saturated rings. The second kappa shape index (κ2) is 4.09. The van der Waals surface area contributed by atoms with Crippen LogP contribution in [-0.2, 0) is 4.79 Å². The van der Waals surface area contributed by atoms with Crippen LogP contribution in [0.1, 0.15) is 5.56 Å². The average Bonchev–Trinajstić information content (AvgIpc) is 2.06. The fraction of sp³-hybridized carbons (Fsp3) is 0. The van der Waals surface area contributed by atoms with Crippen molar-refractivity contribution in [1.29, 1.82) is 0 Å². The van der Waals surface area contributed by atoms with Gasteiger partial charge in [0, 0.05) is 16.2 Å². The quantitative estimate of drug-likeness (QED) is 0.608. The lowest BCUT2D eigenvalue weighted by atomic mass is 10.1. The van der Waals surface area contributed by atoms with Gasteiger partial charge in [-0.1, -0.05) is 15.9 Å². The molecule has 0 aromatic heterocycles. The Kier molecular flexibility index (Phi) is 3.08. The highest BCUT2D eigenvalue weighted by atomic mass is 79.9. The van der Waals surface area contributed by atoms with Gasteiger partial charge in [-0.2, -0.15) is 0 Å². The van der Waals surface area contributed by atoms with Crippen molar-refractivity contribution < 1.29 is 4.79 Å². The Labute approximate surface area is 84.5 Å². The first-order valence-corrected chi connectivity index (χ1v) is 4.41. The molecule has 0 aliphatic carbocycles. The van der Waals surface area contributed by atoms with Crippen LogP contribution in [0.5, 0.6) is 0 Å². The first kappa shape index (κ1) is 9.80. The number of amides is 1. The van der Waals surface area contributed by atoms with Gasteiger partial charge >= 0.3 is 0 Å². The Morgan fingerprint density at radius 1 is 1.46 bits per heavy atom. The molecule has 0 aliphatic rings. The second-order valence-corrected chi connectivity index (χ2v) is 3.42. The molecule has 4 N–H and O–H groups in total. The van der Waals surface area contributed by atoms with E-state index in [0.29, 0.717) is 5.69 Å². The molecule has 13 heavy (non-hydrogen) atoms. The summed E-state index contributed by atoms with van der Waals surface area (Å²) in [5, 5.41) is 0. The molecule has 1 rings (SSSR count). The SMILES string of the molecule is NC(=O)/C=C/c1cc(Br)ccc1N. The highest BCUT2D eigenvalue weighted by Crippen LogP contribution is 2.19. The van der Waals surface area contributed by atoms with Crippen LogP contribution in [-0.4, -0.2) is 5.91 Å². The fourth-order valence-electron chi connectivity index (χ4n) is 0.862. The minimum atomic E-state index is -0.487. The van der Waals surface area contributed by atoms with Crippen LogP contribution in [0.4, 0.5) is 5.69 Å². The Morgan fingerprint density at radius 3 is 2.77 bits per heavy atom. The number of hydrogen-bond acceptors (Lipinski definition) is 2. The summed E-state index contributed by atoms with van der Waals surface area (Å²) in [5.74, 6) is -0.487. The monoisotopic (exact) mass is 240 g/mol. The molecule has 0 saturated heterocycles. The number of nitrogens with two attached hydrogens (primary N) is 2. The van der Waals surface area contributed by atoms with Gasteiger partial charge in [0.05, 0.1) is 0 Å². The molecule has 0 aliphatic heterocycles. The molecule has 68 valence electrons. The van der Waals surface area contributed by atoms with E-state index in [2.05, 4.69) is 15.9 Å². The van der Waals surface area contributed by atoms with Gasteiger partial charge in [-0.15, -0.1) is 0 Å². The first-order valence-electron chi connectivity index (χ1n) is 3.62. The third kappa shape index (κ3) is 2.91. The fourth-order valence-corrected chi connectivity index (χ4v) is 1.24. The standard InChI is InChI=1S/C9H9BrN2O/c10-7-2-3-8(11)6(5-7)1-4-9(12)13/h1-5H,11H2,(H2,12,13)/b4-1+. The Bertz CT molecular complexity index is 361. The van der Waals surface area contributed by atoms with Crippen LogP contribution in [0.2, 0.25) is 0 Å². The molecule has 1 aromatic rings. The van der Waals surface area contributed by atoms with Crippen molar-refractivity contribution in [2.75, 3.05) is 5.73 Å². The third-order valence-electron chi connectivity index (χ3n) is 1.48. The number of rotatable bonds is 2. The van der Waals surface area contributed by atoms with E-state index in [1.165, 1.54) is 6.08 Å². The van der Waals surface area contributed by atoms with Crippen molar-refractivity contribution in [3.8, 4) is 0 Å². The summed E-state index contributed by atoms with van der Waals surface area (Å²) >= 11 is 3.30. The summed E-state index contributed by atoms with van der Waals surface area (Å²) in [7, 11) is 0. The predicted octanol–water partition coefficient (Wildman–Crippen LogP) is 1.53. The van der Waals surface area contributed by atoms with Gasteiger partial charge in [0.15, 0.2) is 0 Å². The van der Waals surface area contributed by atoms with E-state index < -0.39 is 5.91 Å². The maximum absolute atomic E-state index is 10.5. The summed E-state index contributed by atoms with van der Waals surface area (Å²) in [5.41, 5.74) is 12.0. The number of primary amides is 1. The highest BCUT2D eigenvalue weighted by molar-refractivity contribution is 9.10. The lowest BCUT2D eigenvalue weighted by molar-refractivity contribution is -0.113. The van der Waals surface area contributed by atoms with Crippen molar-refractivity contribution in [2.45, 2.75) is 0 Å². The molecule has 0 saturated carbocycles. The van der Waals surface area contributed by atoms with Crippen LogP contribution in [0.25, 0.3) is 6.08 Å². The molecule has 3 nitrogen and oxygen atoms in total. The zero-order chi connectivity index (χ0) is 9.84. The largest absolute Gasteiger partial charge is 0.398 e. The lowest BCUT2D eigenvalue weighted by Crippen LogP contribution is -2.05. The van der Waals surface area contributed by atoms with Gasteiger partial charge < -0.3 is 11.5 Å². The number of carbonyl (C=O) groups excluding carboxylic acids is 1. The van der Waals surface area contributed by atoms with E-state index >= 15 is 0 Å². The lowest BCUT2D eigenvalue weighted by Gasteiger charge is -1.99. The summed E-state index contributed by atoms with van der Waals surface area (Å²) in [4.78, 5) is 10.5. The smallest absolute Gasteiger partial charge is 0.241 e. The zero-order valence-corrected chi connectivity index (χ0v) is 8.41. The molecule has 4 heteroatoms. The molecule has 0 radical (unpaired) electrons. The maximum Gasteiger partial charge on any atom is 0.241 e. The second-order valence-electron chi connectivity index (χ2n) is 2.51. The minimum absolute atomic E-state index is 0.487. The third-order valence-corrected chi connectivity index (χ3v) is 1.97. The number of hydrogen-bond donors (Lipinski definition) is 2. The number of halogens is 1. The number of nitrogen functional groups attached to an aromatic ring is 1. The molecule has 1 amide bonds. The number of carbonyl (C=O) groups is 1. The van der Waals surface area contributed by atoms with Gasteiger partial charge in [-0.05, 0) is 29.8 Å².